The Balaban J connectivity index is 2.00. The molecule has 1 heterocycles. The summed E-state index contributed by atoms with van der Waals surface area (Å²) in [5.74, 6) is 0. The van der Waals surface area contributed by atoms with Gasteiger partial charge in [-0.1, -0.05) is 99.6 Å². The first kappa shape index (κ1) is 21.3. The lowest BCUT2D eigenvalue weighted by Gasteiger charge is -2.12. The van der Waals surface area contributed by atoms with Crippen molar-refractivity contribution in [3.63, 3.8) is 0 Å². The maximum atomic E-state index is 5.96. The van der Waals surface area contributed by atoms with Gasteiger partial charge in [-0.25, -0.2) is 0 Å². The van der Waals surface area contributed by atoms with Crippen molar-refractivity contribution in [3.05, 3.63) is 88.7 Å². The molecule has 1 nitrogen and oxygen atoms in total. The molecule has 0 spiro atoms. The van der Waals surface area contributed by atoms with Crippen LogP contribution in [-0.2, 0) is 19.9 Å². The van der Waals surface area contributed by atoms with Crippen LogP contribution in [-0.4, -0.2) is 4.57 Å². The number of hydrogen-bond acceptors (Lipinski definition) is 1. The van der Waals surface area contributed by atoms with Gasteiger partial charge in [0.25, 0.3) is 0 Å². The van der Waals surface area contributed by atoms with Crippen LogP contribution in [0.5, 0.6) is 0 Å². The second-order valence-corrected chi connectivity index (χ2v) is 8.10. The number of unbranched alkanes of at least 4 members (excludes halogenated alkanes) is 1. The molecule has 29 heavy (non-hydrogen) atoms. The van der Waals surface area contributed by atoms with Gasteiger partial charge < -0.3 is 4.57 Å². The van der Waals surface area contributed by atoms with Crippen LogP contribution < -0.4 is 0 Å². The third kappa shape index (κ3) is 5.55. The molecule has 0 saturated carbocycles. The van der Waals surface area contributed by atoms with Gasteiger partial charge in [0.2, 0.25) is 0 Å². The Kier molecular flexibility index (Phi) is 7.60. The molecular formula is C27H31NS. The maximum Gasteiger partial charge on any atom is 0.0563 e. The minimum atomic E-state index is 0.926. The van der Waals surface area contributed by atoms with E-state index in [-0.39, 0.29) is 0 Å². The topological polar surface area (TPSA) is 4.93 Å². The van der Waals surface area contributed by atoms with E-state index in [1.54, 1.807) is 0 Å². The number of pyridine rings is 1. The number of aromatic nitrogens is 1. The number of rotatable bonds is 8. The third-order valence-electron chi connectivity index (χ3n) is 5.14. The first-order valence-electron chi connectivity index (χ1n) is 10.7. The summed E-state index contributed by atoms with van der Waals surface area (Å²) < 4.78 is 3.05. The van der Waals surface area contributed by atoms with E-state index in [0.29, 0.717) is 0 Å². The monoisotopic (exact) mass is 401 g/mol. The van der Waals surface area contributed by atoms with E-state index in [9.17, 15) is 0 Å². The highest BCUT2D eigenvalue weighted by Gasteiger charge is 2.09. The number of nitrogens with zero attached hydrogens (tertiary/aromatic N) is 1. The normalized spacial score (nSPS) is 11.3. The zero-order valence-electron chi connectivity index (χ0n) is 17.8. The fourth-order valence-electron chi connectivity index (χ4n) is 3.67. The second kappa shape index (κ2) is 10.4. The minimum absolute atomic E-state index is 0.926. The highest BCUT2D eigenvalue weighted by molar-refractivity contribution is 7.71. The van der Waals surface area contributed by atoms with Gasteiger partial charge >= 0.3 is 0 Å². The van der Waals surface area contributed by atoms with Crippen LogP contribution in [0.25, 0.3) is 22.3 Å². The lowest BCUT2D eigenvalue weighted by atomic mass is 9.98. The fraction of sp³-hybridized carbons (Fsp3) is 0.296. The Morgan fingerprint density at radius 1 is 0.828 bits per heavy atom. The fourth-order valence-corrected chi connectivity index (χ4v) is 4.01. The lowest BCUT2D eigenvalue weighted by molar-refractivity contribution is 0.905. The molecule has 0 fully saturated rings. The summed E-state index contributed by atoms with van der Waals surface area (Å²) in [6.45, 7) is 4.43. The number of aryl methyl sites for hydroxylation is 2. The number of benzene rings is 2. The Morgan fingerprint density at radius 2 is 1.45 bits per heavy atom. The molecule has 3 aromatic rings. The molecule has 0 aliphatic rings. The van der Waals surface area contributed by atoms with Crippen LogP contribution in [0.1, 0.15) is 44.2 Å². The molecule has 3 rings (SSSR count). The average molecular weight is 402 g/mol. The van der Waals surface area contributed by atoms with E-state index in [4.69, 9.17) is 12.2 Å². The van der Waals surface area contributed by atoms with Gasteiger partial charge in [-0.15, -0.1) is 0 Å². The molecule has 2 heteroatoms. The van der Waals surface area contributed by atoms with Gasteiger partial charge in [0.15, 0.2) is 0 Å². The van der Waals surface area contributed by atoms with E-state index in [0.717, 1.165) is 41.3 Å². The van der Waals surface area contributed by atoms with Crippen molar-refractivity contribution >= 4 is 12.2 Å². The maximum absolute atomic E-state index is 5.96. The van der Waals surface area contributed by atoms with Gasteiger partial charge in [-0.2, -0.15) is 0 Å². The average Bonchev–Trinajstić information content (AvgIpc) is 2.73. The molecule has 0 saturated heterocycles. The predicted molar refractivity (Wildman–Crippen MR) is 129 cm³/mol. The van der Waals surface area contributed by atoms with Gasteiger partial charge in [0.05, 0.1) is 4.51 Å². The summed E-state index contributed by atoms with van der Waals surface area (Å²) in [6, 6.07) is 17.6. The van der Waals surface area contributed by atoms with Crippen molar-refractivity contribution in [2.75, 3.05) is 0 Å². The Bertz CT molecular complexity index is 1040. The predicted octanol–water partition coefficient (Wildman–Crippen LogP) is 7.94. The van der Waals surface area contributed by atoms with Crippen LogP contribution in [0.15, 0.2) is 73.1 Å². The molecule has 0 N–H and O–H groups in total. The van der Waals surface area contributed by atoms with Crippen molar-refractivity contribution in [1.82, 2.24) is 4.57 Å². The zero-order valence-corrected chi connectivity index (χ0v) is 18.6. The molecule has 1 aromatic heterocycles. The molecule has 2 aromatic carbocycles. The van der Waals surface area contributed by atoms with Crippen LogP contribution in [0, 0.1) is 4.51 Å². The first-order chi connectivity index (χ1) is 14.1. The van der Waals surface area contributed by atoms with E-state index in [1.807, 2.05) is 0 Å². The van der Waals surface area contributed by atoms with Crippen LogP contribution >= 0.6 is 12.2 Å². The zero-order chi connectivity index (χ0) is 20.6. The Labute approximate surface area is 180 Å². The van der Waals surface area contributed by atoms with Crippen molar-refractivity contribution in [1.29, 1.82) is 0 Å². The van der Waals surface area contributed by atoms with E-state index < -0.39 is 0 Å². The summed E-state index contributed by atoms with van der Waals surface area (Å²) in [5.41, 5.74) is 7.35. The smallest absolute Gasteiger partial charge is 0.0563 e. The summed E-state index contributed by atoms with van der Waals surface area (Å²) in [4.78, 5) is 0. The summed E-state index contributed by atoms with van der Waals surface area (Å²) in [6.07, 6.45) is 14.4. The highest BCUT2D eigenvalue weighted by Crippen LogP contribution is 2.30. The van der Waals surface area contributed by atoms with Crippen molar-refractivity contribution in [3.8, 4) is 22.3 Å². The van der Waals surface area contributed by atoms with E-state index >= 15 is 0 Å². The first-order valence-corrected chi connectivity index (χ1v) is 11.1. The minimum Gasteiger partial charge on any atom is -0.356 e. The van der Waals surface area contributed by atoms with Crippen molar-refractivity contribution < 1.29 is 0 Å². The SMILES string of the molecule is CCCC=CCc1cccc(-c2cn(C)cc(-c3cccc(CCC)c3)c2=S)c1. The standard InChI is InChI=1S/C27H31NS/c1-4-6-7-8-12-22-14-10-16-24(18-22)26-20-28(3)19-25(27(26)29)23-15-9-13-21(17-23)11-5-2/h7-10,13-20H,4-6,11-12H2,1-3H3. The number of allylic oxidation sites excluding steroid dienone is 2. The van der Waals surface area contributed by atoms with E-state index in [2.05, 4.69) is 98.5 Å². The van der Waals surface area contributed by atoms with Crippen LogP contribution in [0.2, 0.25) is 0 Å². The van der Waals surface area contributed by atoms with E-state index in [1.165, 1.54) is 28.7 Å². The molecule has 0 bridgehead atoms. The molecule has 150 valence electrons. The quantitative estimate of drug-likeness (QED) is 0.274. The van der Waals surface area contributed by atoms with Crippen LogP contribution in [0.3, 0.4) is 0 Å². The largest absolute Gasteiger partial charge is 0.356 e. The van der Waals surface area contributed by atoms with Crippen molar-refractivity contribution in [2.45, 2.75) is 46.0 Å². The molecule has 0 unspecified atom stereocenters. The molecule has 0 aliphatic heterocycles. The van der Waals surface area contributed by atoms with Crippen LogP contribution in [0.4, 0.5) is 0 Å². The Hall–Kier alpha value is -2.45. The molecule has 0 aliphatic carbocycles. The number of hydrogen-bond donors (Lipinski definition) is 0. The Morgan fingerprint density at radius 3 is 2.07 bits per heavy atom. The molecule has 0 radical (unpaired) electrons. The molecule has 0 atom stereocenters. The van der Waals surface area contributed by atoms with Gasteiger partial charge in [0, 0.05) is 30.6 Å². The van der Waals surface area contributed by atoms with Gasteiger partial charge in [-0.05, 0) is 41.5 Å². The van der Waals surface area contributed by atoms with Gasteiger partial charge in [-0.3, -0.25) is 0 Å². The lowest BCUT2D eigenvalue weighted by Crippen LogP contribution is -1.96. The second-order valence-electron chi connectivity index (χ2n) is 7.70. The summed E-state index contributed by atoms with van der Waals surface area (Å²) >= 11 is 5.96. The third-order valence-corrected chi connectivity index (χ3v) is 5.58. The van der Waals surface area contributed by atoms with Gasteiger partial charge in [0.1, 0.15) is 0 Å². The highest BCUT2D eigenvalue weighted by atomic mass is 32.1. The summed E-state index contributed by atoms with van der Waals surface area (Å²) in [5, 5.41) is 0. The van der Waals surface area contributed by atoms with Crippen molar-refractivity contribution in [2.24, 2.45) is 7.05 Å². The summed E-state index contributed by atoms with van der Waals surface area (Å²) in [7, 11) is 2.08. The molecular weight excluding hydrogens is 370 g/mol. The molecule has 0 amide bonds.